The van der Waals surface area contributed by atoms with Gasteiger partial charge in [-0.05, 0) is 39.5 Å². The first kappa shape index (κ1) is 12.0. The zero-order valence-electron chi connectivity index (χ0n) is 9.35. The van der Waals surface area contributed by atoms with Crippen molar-refractivity contribution in [3.8, 4) is 0 Å². The van der Waals surface area contributed by atoms with Crippen molar-refractivity contribution in [1.29, 1.82) is 0 Å². The summed E-state index contributed by atoms with van der Waals surface area (Å²) in [5.74, 6) is -0.850. The molecule has 1 atom stereocenters. The van der Waals surface area contributed by atoms with E-state index in [9.17, 15) is 4.79 Å². The SMILES string of the molecule is CC(CC(=O)O)c1cc2ccccc2nc1Br. The number of aliphatic carboxylic acids is 1. The molecule has 0 aliphatic carbocycles. The van der Waals surface area contributed by atoms with Gasteiger partial charge >= 0.3 is 5.97 Å². The van der Waals surface area contributed by atoms with Crippen LogP contribution in [0.25, 0.3) is 10.9 Å². The number of pyridine rings is 1. The Balaban J connectivity index is 2.46. The van der Waals surface area contributed by atoms with Crippen LogP contribution in [0, 0.1) is 0 Å². The van der Waals surface area contributed by atoms with Crippen molar-refractivity contribution < 1.29 is 9.90 Å². The largest absolute Gasteiger partial charge is 0.481 e. The molecule has 1 heterocycles. The van der Waals surface area contributed by atoms with Crippen LogP contribution in [0.15, 0.2) is 34.9 Å². The van der Waals surface area contributed by atoms with Gasteiger partial charge in [0.2, 0.25) is 0 Å². The van der Waals surface area contributed by atoms with Crippen molar-refractivity contribution in [1.82, 2.24) is 4.98 Å². The standard InChI is InChI=1S/C13H12BrNO2/c1-8(6-12(16)17)10-7-9-4-2-3-5-11(9)15-13(10)14/h2-5,7-8H,6H2,1H3,(H,16,17). The van der Waals surface area contributed by atoms with E-state index in [1.165, 1.54) is 0 Å². The second-order valence-electron chi connectivity index (χ2n) is 4.06. The molecule has 0 aliphatic rings. The van der Waals surface area contributed by atoms with E-state index >= 15 is 0 Å². The van der Waals surface area contributed by atoms with Crippen molar-refractivity contribution in [2.75, 3.05) is 0 Å². The molecule has 0 saturated carbocycles. The van der Waals surface area contributed by atoms with Gasteiger partial charge in [-0.15, -0.1) is 0 Å². The zero-order valence-corrected chi connectivity index (χ0v) is 10.9. The lowest BCUT2D eigenvalue weighted by Crippen LogP contribution is -2.04. The maximum atomic E-state index is 10.7. The molecule has 2 aromatic rings. The van der Waals surface area contributed by atoms with Crippen LogP contribution < -0.4 is 0 Å². The van der Waals surface area contributed by atoms with Crippen LogP contribution in [0.3, 0.4) is 0 Å². The fourth-order valence-electron chi connectivity index (χ4n) is 1.83. The Kier molecular flexibility index (Phi) is 3.43. The molecule has 88 valence electrons. The molecule has 0 spiro atoms. The van der Waals surface area contributed by atoms with Crippen LogP contribution in [0.2, 0.25) is 0 Å². The number of fused-ring (bicyclic) bond motifs is 1. The lowest BCUT2D eigenvalue weighted by molar-refractivity contribution is -0.137. The molecule has 1 unspecified atom stereocenters. The highest BCUT2D eigenvalue weighted by Crippen LogP contribution is 2.28. The minimum absolute atomic E-state index is 0.0565. The van der Waals surface area contributed by atoms with E-state index in [-0.39, 0.29) is 12.3 Å². The van der Waals surface area contributed by atoms with E-state index < -0.39 is 5.97 Å². The van der Waals surface area contributed by atoms with Gasteiger partial charge in [-0.25, -0.2) is 4.98 Å². The molecule has 0 radical (unpaired) electrons. The number of hydrogen-bond donors (Lipinski definition) is 1. The van der Waals surface area contributed by atoms with Crippen LogP contribution in [0.5, 0.6) is 0 Å². The van der Waals surface area contributed by atoms with Crippen molar-refractivity contribution >= 4 is 32.8 Å². The third-order valence-electron chi connectivity index (χ3n) is 2.72. The third-order valence-corrected chi connectivity index (χ3v) is 3.35. The summed E-state index contributed by atoms with van der Waals surface area (Å²) in [6.07, 6.45) is 0.110. The minimum atomic E-state index is -0.794. The maximum Gasteiger partial charge on any atom is 0.303 e. The second kappa shape index (κ2) is 4.84. The van der Waals surface area contributed by atoms with Crippen molar-refractivity contribution in [3.05, 3.63) is 40.5 Å². The van der Waals surface area contributed by atoms with Crippen LogP contribution >= 0.6 is 15.9 Å². The number of carboxylic acids is 1. The number of carbonyl (C=O) groups is 1. The lowest BCUT2D eigenvalue weighted by atomic mass is 9.98. The minimum Gasteiger partial charge on any atom is -0.481 e. The summed E-state index contributed by atoms with van der Waals surface area (Å²) in [5, 5.41) is 9.84. The molecule has 0 bridgehead atoms. The lowest BCUT2D eigenvalue weighted by Gasteiger charge is -2.12. The molecular formula is C13H12BrNO2. The van der Waals surface area contributed by atoms with Crippen LogP contribution in [0.4, 0.5) is 0 Å². The van der Waals surface area contributed by atoms with Gasteiger partial charge in [0.1, 0.15) is 4.60 Å². The number of rotatable bonds is 3. The van der Waals surface area contributed by atoms with Gasteiger partial charge in [0, 0.05) is 5.39 Å². The smallest absolute Gasteiger partial charge is 0.303 e. The first-order valence-corrected chi connectivity index (χ1v) is 6.14. The van der Waals surface area contributed by atoms with E-state index in [2.05, 4.69) is 20.9 Å². The van der Waals surface area contributed by atoms with E-state index in [0.29, 0.717) is 0 Å². The number of nitrogens with zero attached hydrogens (tertiary/aromatic N) is 1. The quantitative estimate of drug-likeness (QED) is 0.880. The third kappa shape index (κ3) is 2.64. The number of benzene rings is 1. The topological polar surface area (TPSA) is 50.2 Å². The normalized spacial score (nSPS) is 12.6. The fourth-order valence-corrected chi connectivity index (χ4v) is 2.52. The van der Waals surface area contributed by atoms with E-state index in [1.807, 2.05) is 37.3 Å². The van der Waals surface area contributed by atoms with E-state index in [4.69, 9.17) is 5.11 Å². The second-order valence-corrected chi connectivity index (χ2v) is 4.81. The highest BCUT2D eigenvalue weighted by molar-refractivity contribution is 9.10. The Morgan fingerprint density at radius 1 is 1.47 bits per heavy atom. The first-order valence-electron chi connectivity index (χ1n) is 5.35. The number of hydrogen-bond acceptors (Lipinski definition) is 2. The summed E-state index contributed by atoms with van der Waals surface area (Å²) < 4.78 is 0.727. The molecule has 0 aliphatic heterocycles. The molecular weight excluding hydrogens is 282 g/mol. The summed E-state index contributed by atoms with van der Waals surface area (Å²) in [6.45, 7) is 1.89. The average molecular weight is 294 g/mol. The van der Waals surface area contributed by atoms with Crippen molar-refractivity contribution in [2.45, 2.75) is 19.3 Å². The summed E-state index contributed by atoms with van der Waals surface area (Å²) in [7, 11) is 0. The van der Waals surface area contributed by atoms with E-state index in [1.54, 1.807) is 0 Å². The fraction of sp³-hybridized carbons (Fsp3) is 0.231. The molecule has 0 saturated heterocycles. The van der Waals surface area contributed by atoms with Crippen LogP contribution in [-0.4, -0.2) is 16.1 Å². The van der Waals surface area contributed by atoms with Gasteiger partial charge in [0.05, 0.1) is 11.9 Å². The molecule has 3 nitrogen and oxygen atoms in total. The summed E-state index contributed by atoms with van der Waals surface area (Å²) in [6, 6.07) is 9.79. The molecule has 1 N–H and O–H groups in total. The molecule has 1 aromatic carbocycles. The maximum absolute atomic E-state index is 10.7. The van der Waals surface area contributed by atoms with Gasteiger partial charge in [-0.1, -0.05) is 25.1 Å². The highest BCUT2D eigenvalue weighted by Gasteiger charge is 2.14. The number of halogens is 1. The molecule has 0 amide bonds. The Labute approximate surface area is 108 Å². The molecule has 17 heavy (non-hydrogen) atoms. The average Bonchev–Trinajstić information content (AvgIpc) is 2.27. The summed E-state index contributed by atoms with van der Waals surface area (Å²) >= 11 is 3.40. The van der Waals surface area contributed by atoms with Gasteiger partial charge in [0.15, 0.2) is 0 Å². The molecule has 1 aromatic heterocycles. The summed E-state index contributed by atoms with van der Waals surface area (Å²) in [5.41, 5.74) is 1.84. The highest BCUT2D eigenvalue weighted by atomic mass is 79.9. The number of aromatic nitrogens is 1. The van der Waals surface area contributed by atoms with Gasteiger partial charge in [0.25, 0.3) is 0 Å². The Morgan fingerprint density at radius 2 is 2.18 bits per heavy atom. The monoisotopic (exact) mass is 293 g/mol. The molecule has 0 fully saturated rings. The van der Waals surface area contributed by atoms with Crippen molar-refractivity contribution in [2.24, 2.45) is 0 Å². The predicted molar refractivity (Wildman–Crippen MR) is 70.1 cm³/mol. The van der Waals surface area contributed by atoms with Crippen LogP contribution in [0.1, 0.15) is 24.8 Å². The number of para-hydroxylation sites is 1. The molecule has 4 heteroatoms. The van der Waals surface area contributed by atoms with Gasteiger partial charge in [-0.2, -0.15) is 0 Å². The Hall–Kier alpha value is -1.42. The zero-order chi connectivity index (χ0) is 12.4. The van der Waals surface area contributed by atoms with E-state index in [0.717, 1.165) is 21.1 Å². The van der Waals surface area contributed by atoms with Gasteiger partial charge < -0.3 is 5.11 Å². The first-order chi connectivity index (χ1) is 8.08. The Morgan fingerprint density at radius 3 is 2.88 bits per heavy atom. The summed E-state index contributed by atoms with van der Waals surface area (Å²) in [4.78, 5) is 15.1. The number of carboxylic acid groups (broad SMARTS) is 1. The predicted octanol–water partition coefficient (Wildman–Crippen LogP) is 3.58. The van der Waals surface area contributed by atoms with Crippen LogP contribution in [-0.2, 0) is 4.79 Å². The Bertz CT molecular complexity index is 568. The van der Waals surface area contributed by atoms with Crippen molar-refractivity contribution in [3.63, 3.8) is 0 Å². The molecule has 2 rings (SSSR count). The van der Waals surface area contributed by atoms with Gasteiger partial charge in [-0.3, -0.25) is 4.79 Å².